The van der Waals surface area contributed by atoms with Gasteiger partial charge in [-0.25, -0.2) is 0 Å². The van der Waals surface area contributed by atoms with E-state index in [2.05, 4.69) is 9.97 Å². The van der Waals surface area contributed by atoms with E-state index in [9.17, 15) is 10.2 Å². The number of fused-ring (bicyclic) bond motifs is 2. The Labute approximate surface area is 171 Å². The van der Waals surface area contributed by atoms with Gasteiger partial charge in [0.1, 0.15) is 11.4 Å². The van der Waals surface area contributed by atoms with Crippen LogP contribution in [0.2, 0.25) is 0 Å². The van der Waals surface area contributed by atoms with Crippen molar-refractivity contribution in [2.45, 2.75) is 0 Å². The van der Waals surface area contributed by atoms with E-state index in [0.717, 1.165) is 21.8 Å². The molecule has 0 aliphatic heterocycles. The molecule has 0 atom stereocenters. The van der Waals surface area contributed by atoms with Crippen molar-refractivity contribution in [1.82, 2.24) is 9.97 Å². The van der Waals surface area contributed by atoms with Crippen molar-refractivity contribution in [3.63, 3.8) is 0 Å². The summed E-state index contributed by atoms with van der Waals surface area (Å²) in [5.74, 6) is 0.282. The van der Waals surface area contributed by atoms with E-state index >= 15 is 0 Å². The van der Waals surface area contributed by atoms with Crippen LogP contribution in [0.15, 0.2) is 48.5 Å². The van der Waals surface area contributed by atoms with Crippen molar-refractivity contribution in [2.24, 2.45) is 0 Å². The summed E-state index contributed by atoms with van der Waals surface area (Å²) in [4.78, 5) is 6.28. The van der Waals surface area contributed by atoms with Gasteiger partial charge in [0.2, 0.25) is 0 Å². The van der Waals surface area contributed by atoms with Crippen LogP contribution in [0.1, 0.15) is 0 Å². The van der Waals surface area contributed by atoms with Gasteiger partial charge in [-0.05, 0) is 24.3 Å². The summed E-state index contributed by atoms with van der Waals surface area (Å²) < 4.78 is 0. The number of para-hydroxylation sites is 2. The summed E-state index contributed by atoms with van der Waals surface area (Å²) >= 11 is 0. The van der Waals surface area contributed by atoms with E-state index in [-0.39, 0.29) is 70.6 Å². The van der Waals surface area contributed by atoms with Crippen LogP contribution < -0.4 is 59.1 Å². The molecule has 0 aliphatic rings. The van der Waals surface area contributed by atoms with Gasteiger partial charge in [-0.1, -0.05) is 24.3 Å². The molecule has 0 radical (unpaired) electrons. The van der Waals surface area contributed by atoms with Gasteiger partial charge in [0, 0.05) is 21.8 Å². The first-order chi connectivity index (χ1) is 9.75. The van der Waals surface area contributed by atoms with Crippen molar-refractivity contribution >= 4 is 21.8 Å². The third-order valence-corrected chi connectivity index (χ3v) is 3.61. The van der Waals surface area contributed by atoms with E-state index < -0.39 is 0 Å². The number of aromatic amines is 2. The van der Waals surface area contributed by atoms with Gasteiger partial charge in [-0.3, -0.25) is 0 Å². The third-order valence-electron chi connectivity index (χ3n) is 3.61. The van der Waals surface area contributed by atoms with Gasteiger partial charge in [-0.15, -0.1) is 0 Å². The molecule has 4 aromatic rings. The molecule has 0 fully saturated rings. The molecule has 98 valence electrons. The Bertz CT molecular complexity index is 866. The van der Waals surface area contributed by atoms with Gasteiger partial charge in [0.25, 0.3) is 0 Å². The normalized spacial score (nSPS) is 10.4. The third kappa shape index (κ3) is 2.60. The Kier molecular flexibility index (Phi) is 5.33. The van der Waals surface area contributed by atoms with E-state index in [1.165, 1.54) is 0 Å². The Hall–Kier alpha value is -0.880. The molecule has 0 amide bonds. The first-order valence-electron chi connectivity index (χ1n) is 6.35. The van der Waals surface area contributed by atoms with Crippen molar-refractivity contribution in [2.75, 3.05) is 0 Å². The average Bonchev–Trinajstić information content (AvgIpc) is 2.98. The fraction of sp³-hybridized carbons (Fsp3) is 0. The molecule has 4 N–H and O–H groups in total. The Morgan fingerprint density at radius 1 is 0.591 bits per heavy atom. The molecule has 0 bridgehead atoms. The first-order valence-corrected chi connectivity index (χ1v) is 6.35. The number of H-pyrrole nitrogens is 2. The number of hydrogen-bond acceptors (Lipinski definition) is 2. The number of nitrogens with one attached hydrogen (secondary N) is 2. The average molecular weight is 310 g/mol. The Morgan fingerprint density at radius 3 is 1.32 bits per heavy atom. The molecule has 2 aromatic carbocycles. The molecule has 0 spiro atoms. The predicted molar refractivity (Wildman–Crippen MR) is 78.9 cm³/mol. The monoisotopic (exact) mass is 310 g/mol. The number of aromatic hydroxyl groups is 2. The van der Waals surface area contributed by atoms with Gasteiger partial charge in [-0.2, -0.15) is 0 Å². The molecule has 0 unspecified atom stereocenters. The van der Waals surface area contributed by atoms with Gasteiger partial charge in [0.05, 0.1) is 0 Å². The van der Waals surface area contributed by atoms with Crippen LogP contribution in [-0.2, 0) is 0 Å². The summed E-state index contributed by atoms with van der Waals surface area (Å²) in [6, 6.07) is 15.0. The number of hydrogen-bond donors (Lipinski definition) is 4. The van der Waals surface area contributed by atoms with Crippen molar-refractivity contribution in [1.29, 1.82) is 0 Å². The quantitative estimate of drug-likeness (QED) is 0.300. The zero-order valence-electron chi connectivity index (χ0n) is 12.5. The topological polar surface area (TPSA) is 72.0 Å². The van der Waals surface area contributed by atoms with E-state index in [1.54, 1.807) is 0 Å². The second kappa shape index (κ2) is 6.71. The molecule has 4 rings (SSSR count). The summed E-state index contributed by atoms with van der Waals surface area (Å²) in [6.45, 7) is 0. The maximum Gasteiger partial charge on any atom is 1.00 e. The van der Waals surface area contributed by atoms with Crippen LogP contribution in [0.3, 0.4) is 0 Å². The molecule has 6 heteroatoms. The number of rotatable bonds is 1. The zero-order chi connectivity index (χ0) is 13.7. The molecular weight excluding hydrogens is 298 g/mol. The molecular formula is C16H12N2Na2O2+2. The number of benzene rings is 2. The standard InChI is InChI=1S/C16H12N2O2.2Na/c19-15-9-5-1-3-7-11(9)17-13(15)14-16(20)10-6-2-4-8-12(10)18-14;;/h1-8,17-20H;;/q;2*+1. The molecule has 0 saturated heterocycles. The van der Waals surface area contributed by atoms with Crippen LogP contribution in [0.5, 0.6) is 11.5 Å². The second-order valence-corrected chi connectivity index (χ2v) is 4.79. The minimum Gasteiger partial charge on any atom is -0.505 e. The van der Waals surface area contributed by atoms with E-state index in [0.29, 0.717) is 11.4 Å². The van der Waals surface area contributed by atoms with Gasteiger partial charge >= 0.3 is 59.1 Å². The Balaban J connectivity index is 0.000000882. The van der Waals surface area contributed by atoms with Crippen LogP contribution >= 0.6 is 0 Å². The molecule has 0 saturated carbocycles. The molecule has 0 aliphatic carbocycles. The molecule has 2 heterocycles. The summed E-state index contributed by atoms with van der Waals surface area (Å²) in [5, 5.41) is 22.1. The van der Waals surface area contributed by atoms with E-state index in [4.69, 9.17) is 0 Å². The van der Waals surface area contributed by atoms with E-state index in [1.807, 2.05) is 48.5 Å². The van der Waals surface area contributed by atoms with Crippen molar-refractivity contribution < 1.29 is 69.3 Å². The molecule has 4 nitrogen and oxygen atoms in total. The second-order valence-electron chi connectivity index (χ2n) is 4.79. The van der Waals surface area contributed by atoms with Crippen LogP contribution in [0.4, 0.5) is 0 Å². The maximum absolute atomic E-state index is 10.3. The minimum atomic E-state index is 0. The van der Waals surface area contributed by atoms with Gasteiger partial charge < -0.3 is 20.2 Å². The van der Waals surface area contributed by atoms with Crippen LogP contribution in [-0.4, -0.2) is 20.2 Å². The summed E-state index contributed by atoms with van der Waals surface area (Å²) in [5.41, 5.74) is 2.66. The summed E-state index contributed by atoms with van der Waals surface area (Å²) in [6.07, 6.45) is 0. The van der Waals surface area contributed by atoms with Crippen LogP contribution in [0.25, 0.3) is 33.2 Å². The van der Waals surface area contributed by atoms with Crippen molar-refractivity contribution in [3.8, 4) is 22.9 Å². The van der Waals surface area contributed by atoms with Crippen LogP contribution in [0, 0.1) is 0 Å². The summed E-state index contributed by atoms with van der Waals surface area (Å²) in [7, 11) is 0. The fourth-order valence-corrected chi connectivity index (χ4v) is 2.62. The molecule has 2 aromatic heterocycles. The SMILES string of the molecule is Oc1c(-c2[nH]c3ccccc3c2O)[nH]c2ccccc12.[Na+].[Na+]. The first kappa shape index (κ1) is 17.5. The zero-order valence-corrected chi connectivity index (χ0v) is 16.5. The van der Waals surface area contributed by atoms with Gasteiger partial charge in [0.15, 0.2) is 11.5 Å². The Morgan fingerprint density at radius 2 is 0.955 bits per heavy atom. The van der Waals surface area contributed by atoms with Crippen molar-refractivity contribution in [3.05, 3.63) is 48.5 Å². The maximum atomic E-state index is 10.3. The molecule has 22 heavy (non-hydrogen) atoms. The number of aromatic nitrogens is 2. The largest absolute Gasteiger partial charge is 1.00 e. The fourth-order valence-electron chi connectivity index (χ4n) is 2.62. The predicted octanol–water partition coefficient (Wildman–Crippen LogP) is -2.26. The minimum absolute atomic E-state index is 0. The smallest absolute Gasteiger partial charge is 0.505 e.